The van der Waals surface area contributed by atoms with Crippen LogP contribution in [-0.4, -0.2) is 35.0 Å². The average Bonchev–Trinajstić information content (AvgIpc) is 2.39. The second-order valence-electron chi connectivity index (χ2n) is 4.19. The van der Waals surface area contributed by atoms with Crippen molar-refractivity contribution in [2.75, 3.05) is 13.1 Å². The van der Waals surface area contributed by atoms with E-state index in [2.05, 4.69) is 0 Å². The summed E-state index contributed by atoms with van der Waals surface area (Å²) in [4.78, 5) is 24.4. The number of aliphatic carboxylic acids is 1. The van der Waals surface area contributed by atoms with Gasteiger partial charge in [0.25, 0.3) is 0 Å². The van der Waals surface area contributed by atoms with E-state index in [-0.39, 0.29) is 24.8 Å². The number of nitrogens with zero attached hydrogens (tertiary/aromatic N) is 1. The zero-order valence-corrected chi connectivity index (χ0v) is 10.8. The summed E-state index contributed by atoms with van der Waals surface area (Å²) in [7, 11) is 0. The molecule has 0 aromatic heterocycles. The predicted molar refractivity (Wildman–Crippen MR) is 69.4 cm³/mol. The first-order valence-electron chi connectivity index (χ1n) is 6.11. The number of rotatable bonds is 6. The number of carboxylic acid groups (broad SMARTS) is 1. The summed E-state index contributed by atoms with van der Waals surface area (Å²) >= 11 is 0. The SMILES string of the molecule is CCN(CCC(=O)O)C(=O)C(C)c1ccccc1. The number of carbonyl (C=O) groups excluding carboxylic acids is 1. The topological polar surface area (TPSA) is 57.6 Å². The maximum atomic E-state index is 12.2. The van der Waals surface area contributed by atoms with Crippen LogP contribution in [0.2, 0.25) is 0 Å². The summed E-state index contributed by atoms with van der Waals surface area (Å²) in [5.74, 6) is -1.14. The molecule has 0 spiro atoms. The van der Waals surface area contributed by atoms with E-state index < -0.39 is 5.97 Å². The van der Waals surface area contributed by atoms with Gasteiger partial charge in [-0.25, -0.2) is 0 Å². The summed E-state index contributed by atoms with van der Waals surface area (Å²) < 4.78 is 0. The Morgan fingerprint density at radius 1 is 1.28 bits per heavy atom. The first kappa shape index (κ1) is 14.2. The fourth-order valence-electron chi connectivity index (χ4n) is 1.81. The molecule has 0 radical (unpaired) electrons. The van der Waals surface area contributed by atoms with E-state index in [4.69, 9.17) is 5.11 Å². The molecule has 98 valence electrons. The third kappa shape index (κ3) is 3.87. The van der Waals surface area contributed by atoms with Gasteiger partial charge in [0, 0.05) is 13.1 Å². The monoisotopic (exact) mass is 249 g/mol. The van der Waals surface area contributed by atoms with Crippen molar-refractivity contribution in [2.45, 2.75) is 26.2 Å². The largest absolute Gasteiger partial charge is 0.481 e. The number of benzene rings is 1. The second-order valence-corrected chi connectivity index (χ2v) is 4.19. The van der Waals surface area contributed by atoms with Crippen LogP contribution in [0.25, 0.3) is 0 Å². The van der Waals surface area contributed by atoms with Gasteiger partial charge in [-0.3, -0.25) is 9.59 Å². The minimum Gasteiger partial charge on any atom is -0.481 e. The zero-order chi connectivity index (χ0) is 13.5. The molecule has 1 aromatic carbocycles. The van der Waals surface area contributed by atoms with E-state index in [9.17, 15) is 9.59 Å². The fraction of sp³-hybridized carbons (Fsp3) is 0.429. The third-order valence-corrected chi connectivity index (χ3v) is 2.96. The highest BCUT2D eigenvalue weighted by Gasteiger charge is 2.20. The maximum absolute atomic E-state index is 12.2. The minimum absolute atomic E-state index is 0.0128. The van der Waals surface area contributed by atoms with Crippen LogP contribution in [-0.2, 0) is 9.59 Å². The van der Waals surface area contributed by atoms with Crippen molar-refractivity contribution in [1.82, 2.24) is 4.90 Å². The predicted octanol–water partition coefficient (Wildman–Crippen LogP) is 2.11. The van der Waals surface area contributed by atoms with Crippen molar-refractivity contribution >= 4 is 11.9 Å². The summed E-state index contributed by atoms with van der Waals surface area (Å²) in [6.07, 6.45) is -0.0128. The second kappa shape index (κ2) is 6.79. The van der Waals surface area contributed by atoms with Crippen molar-refractivity contribution in [3.05, 3.63) is 35.9 Å². The van der Waals surface area contributed by atoms with Crippen molar-refractivity contribution in [2.24, 2.45) is 0 Å². The molecule has 4 heteroatoms. The Labute approximate surface area is 107 Å². The molecule has 0 aliphatic heterocycles. The van der Waals surface area contributed by atoms with E-state index in [1.54, 1.807) is 4.90 Å². The molecule has 0 fully saturated rings. The number of hydrogen-bond donors (Lipinski definition) is 1. The van der Waals surface area contributed by atoms with E-state index in [1.807, 2.05) is 44.2 Å². The highest BCUT2D eigenvalue weighted by Crippen LogP contribution is 2.17. The molecule has 1 aromatic rings. The van der Waals surface area contributed by atoms with Gasteiger partial charge in [0.05, 0.1) is 12.3 Å². The van der Waals surface area contributed by atoms with Crippen molar-refractivity contribution < 1.29 is 14.7 Å². The van der Waals surface area contributed by atoms with Crippen LogP contribution >= 0.6 is 0 Å². The molecule has 1 rings (SSSR count). The normalized spacial score (nSPS) is 11.9. The first-order valence-corrected chi connectivity index (χ1v) is 6.11. The van der Waals surface area contributed by atoms with Crippen LogP contribution < -0.4 is 0 Å². The first-order chi connectivity index (χ1) is 8.56. The summed E-state index contributed by atoms with van der Waals surface area (Å²) in [6, 6.07) is 9.52. The van der Waals surface area contributed by atoms with Crippen LogP contribution in [0.3, 0.4) is 0 Å². The summed E-state index contributed by atoms with van der Waals surface area (Å²) in [5.41, 5.74) is 0.955. The lowest BCUT2D eigenvalue weighted by Gasteiger charge is -2.24. The van der Waals surface area contributed by atoms with Gasteiger partial charge in [-0.1, -0.05) is 30.3 Å². The van der Waals surface area contributed by atoms with Gasteiger partial charge < -0.3 is 10.0 Å². The van der Waals surface area contributed by atoms with Crippen LogP contribution in [0.4, 0.5) is 0 Å². The molecule has 1 amide bonds. The lowest BCUT2D eigenvalue weighted by molar-refractivity contribution is -0.138. The van der Waals surface area contributed by atoms with Crippen molar-refractivity contribution in [3.63, 3.8) is 0 Å². The van der Waals surface area contributed by atoms with Gasteiger partial charge in [-0.05, 0) is 19.4 Å². The van der Waals surface area contributed by atoms with E-state index in [0.717, 1.165) is 5.56 Å². The Morgan fingerprint density at radius 3 is 2.39 bits per heavy atom. The Morgan fingerprint density at radius 2 is 1.89 bits per heavy atom. The summed E-state index contributed by atoms with van der Waals surface area (Å²) in [6.45, 7) is 4.50. The fourth-order valence-corrected chi connectivity index (χ4v) is 1.81. The van der Waals surface area contributed by atoms with E-state index >= 15 is 0 Å². The molecule has 0 saturated carbocycles. The third-order valence-electron chi connectivity index (χ3n) is 2.96. The number of carboxylic acids is 1. The van der Waals surface area contributed by atoms with Crippen LogP contribution in [0.15, 0.2) is 30.3 Å². The quantitative estimate of drug-likeness (QED) is 0.840. The number of amides is 1. The van der Waals surface area contributed by atoms with Gasteiger partial charge in [0.2, 0.25) is 5.91 Å². The summed E-state index contributed by atoms with van der Waals surface area (Å²) in [5, 5.41) is 8.66. The lowest BCUT2D eigenvalue weighted by atomic mass is 10.00. The lowest BCUT2D eigenvalue weighted by Crippen LogP contribution is -2.35. The zero-order valence-electron chi connectivity index (χ0n) is 10.8. The molecule has 1 unspecified atom stereocenters. The van der Waals surface area contributed by atoms with Crippen LogP contribution in [0.5, 0.6) is 0 Å². The maximum Gasteiger partial charge on any atom is 0.305 e. The number of likely N-dealkylation sites (N-methyl/N-ethyl adjacent to an activating group) is 1. The molecule has 1 N–H and O–H groups in total. The molecule has 1 atom stereocenters. The number of carbonyl (C=O) groups is 2. The Bertz CT molecular complexity index is 403. The van der Waals surface area contributed by atoms with Crippen LogP contribution in [0.1, 0.15) is 31.7 Å². The molecular formula is C14H19NO3. The Hall–Kier alpha value is -1.84. The Kier molecular flexibility index (Phi) is 5.36. The standard InChI is InChI=1S/C14H19NO3/c1-3-15(10-9-13(16)17)14(18)11(2)12-7-5-4-6-8-12/h4-8,11H,3,9-10H2,1-2H3,(H,16,17). The molecule has 0 heterocycles. The highest BCUT2D eigenvalue weighted by atomic mass is 16.4. The van der Waals surface area contributed by atoms with Gasteiger partial charge in [-0.15, -0.1) is 0 Å². The minimum atomic E-state index is -0.881. The molecule has 0 aliphatic rings. The van der Waals surface area contributed by atoms with Crippen molar-refractivity contribution in [1.29, 1.82) is 0 Å². The molecule has 0 aliphatic carbocycles. The van der Waals surface area contributed by atoms with Gasteiger partial charge in [-0.2, -0.15) is 0 Å². The van der Waals surface area contributed by atoms with Crippen LogP contribution in [0, 0.1) is 0 Å². The average molecular weight is 249 g/mol. The highest BCUT2D eigenvalue weighted by molar-refractivity contribution is 5.83. The van der Waals surface area contributed by atoms with Gasteiger partial charge in [0.15, 0.2) is 0 Å². The van der Waals surface area contributed by atoms with Gasteiger partial charge in [0.1, 0.15) is 0 Å². The Balaban J connectivity index is 2.69. The van der Waals surface area contributed by atoms with E-state index in [0.29, 0.717) is 6.54 Å². The van der Waals surface area contributed by atoms with Gasteiger partial charge >= 0.3 is 5.97 Å². The molecular weight excluding hydrogens is 230 g/mol. The molecule has 4 nitrogen and oxygen atoms in total. The molecule has 0 bridgehead atoms. The van der Waals surface area contributed by atoms with E-state index in [1.165, 1.54) is 0 Å². The number of hydrogen-bond acceptors (Lipinski definition) is 2. The van der Waals surface area contributed by atoms with Crippen molar-refractivity contribution in [3.8, 4) is 0 Å². The molecule has 0 saturated heterocycles. The smallest absolute Gasteiger partial charge is 0.305 e. The molecule has 18 heavy (non-hydrogen) atoms.